The first-order valence-corrected chi connectivity index (χ1v) is 11.5. The molecule has 2 aromatic carbocycles. The summed E-state index contributed by atoms with van der Waals surface area (Å²) < 4.78 is 27.4. The highest BCUT2D eigenvalue weighted by Crippen LogP contribution is 2.27. The minimum Gasteiger partial charge on any atom is -0.350 e. The van der Waals surface area contributed by atoms with Crippen LogP contribution >= 0.6 is 23.2 Å². The third-order valence-electron chi connectivity index (χ3n) is 4.38. The standard InChI is InChI=1S/C20H20Cl2N4O3S/c1-14-23-7-8-25(14)19-6-4-3-5-15(19)12-24-20(27)13-26(30(2,28)29)18-10-16(21)9-17(22)11-18/h3-11H,12-13H2,1-2H3,(H,24,27). The summed E-state index contributed by atoms with van der Waals surface area (Å²) in [6, 6.07) is 12.0. The quantitative estimate of drug-likeness (QED) is 0.576. The van der Waals surface area contributed by atoms with E-state index in [2.05, 4.69) is 10.3 Å². The number of aryl methyl sites for hydroxylation is 1. The molecule has 0 spiro atoms. The number of carbonyl (C=O) groups is 1. The Kier molecular flexibility index (Phi) is 6.70. The van der Waals surface area contributed by atoms with Crippen molar-refractivity contribution in [3.8, 4) is 5.69 Å². The number of hydrogen-bond donors (Lipinski definition) is 1. The largest absolute Gasteiger partial charge is 0.350 e. The molecule has 7 nitrogen and oxygen atoms in total. The predicted molar refractivity (Wildman–Crippen MR) is 119 cm³/mol. The van der Waals surface area contributed by atoms with Gasteiger partial charge in [-0.2, -0.15) is 0 Å². The maximum atomic E-state index is 12.6. The molecular formula is C20H20Cl2N4O3S. The van der Waals surface area contributed by atoms with Gasteiger partial charge in [0.15, 0.2) is 0 Å². The third kappa shape index (κ3) is 5.33. The van der Waals surface area contributed by atoms with E-state index >= 15 is 0 Å². The van der Waals surface area contributed by atoms with E-state index in [1.807, 2.05) is 42.0 Å². The lowest BCUT2D eigenvalue weighted by Gasteiger charge is -2.22. The molecule has 0 aliphatic heterocycles. The Morgan fingerprint density at radius 3 is 2.43 bits per heavy atom. The monoisotopic (exact) mass is 466 g/mol. The van der Waals surface area contributed by atoms with E-state index in [1.54, 1.807) is 6.20 Å². The van der Waals surface area contributed by atoms with Crippen molar-refractivity contribution in [2.45, 2.75) is 13.5 Å². The van der Waals surface area contributed by atoms with Crippen LogP contribution in [0, 0.1) is 6.92 Å². The Hall–Kier alpha value is -2.55. The Balaban J connectivity index is 1.77. The summed E-state index contributed by atoms with van der Waals surface area (Å²) >= 11 is 12.0. The van der Waals surface area contributed by atoms with Crippen LogP contribution in [-0.4, -0.2) is 36.7 Å². The summed E-state index contributed by atoms with van der Waals surface area (Å²) in [6.45, 7) is 1.71. The van der Waals surface area contributed by atoms with Crippen LogP contribution in [0.4, 0.5) is 5.69 Å². The fourth-order valence-electron chi connectivity index (χ4n) is 2.99. The predicted octanol–water partition coefficient (Wildman–Crippen LogP) is 3.57. The number of para-hydroxylation sites is 1. The number of anilines is 1. The highest BCUT2D eigenvalue weighted by Gasteiger charge is 2.22. The molecular weight excluding hydrogens is 447 g/mol. The van der Waals surface area contributed by atoms with Gasteiger partial charge in [-0.3, -0.25) is 9.10 Å². The number of halogens is 2. The maximum absolute atomic E-state index is 12.6. The Labute approximate surface area is 185 Å². The SMILES string of the molecule is Cc1nccn1-c1ccccc1CNC(=O)CN(c1cc(Cl)cc(Cl)c1)S(C)(=O)=O. The lowest BCUT2D eigenvalue weighted by molar-refractivity contribution is -0.119. The molecule has 3 rings (SSSR count). The summed E-state index contributed by atoms with van der Waals surface area (Å²) in [7, 11) is -3.74. The highest BCUT2D eigenvalue weighted by atomic mass is 35.5. The summed E-state index contributed by atoms with van der Waals surface area (Å²) in [5.74, 6) is 0.351. The first kappa shape index (κ1) is 22.1. The van der Waals surface area contributed by atoms with E-state index in [0.717, 1.165) is 27.6 Å². The molecule has 0 saturated carbocycles. The number of benzene rings is 2. The second-order valence-corrected chi connectivity index (χ2v) is 9.43. The van der Waals surface area contributed by atoms with Crippen molar-refractivity contribution in [1.29, 1.82) is 0 Å². The van der Waals surface area contributed by atoms with Crippen LogP contribution in [0.2, 0.25) is 10.0 Å². The molecule has 0 radical (unpaired) electrons. The van der Waals surface area contributed by atoms with Crippen molar-refractivity contribution in [3.63, 3.8) is 0 Å². The summed E-state index contributed by atoms with van der Waals surface area (Å²) in [5.41, 5.74) is 1.97. The average molecular weight is 467 g/mol. The molecule has 1 aromatic heterocycles. The van der Waals surface area contributed by atoms with E-state index < -0.39 is 22.5 Å². The minimum atomic E-state index is -3.74. The van der Waals surface area contributed by atoms with Crippen molar-refractivity contribution in [1.82, 2.24) is 14.9 Å². The molecule has 0 aliphatic carbocycles. The number of aromatic nitrogens is 2. The molecule has 10 heteroatoms. The lowest BCUT2D eigenvalue weighted by atomic mass is 10.1. The van der Waals surface area contributed by atoms with E-state index in [9.17, 15) is 13.2 Å². The van der Waals surface area contributed by atoms with E-state index in [0.29, 0.717) is 0 Å². The molecule has 0 bridgehead atoms. The average Bonchev–Trinajstić information content (AvgIpc) is 3.08. The lowest BCUT2D eigenvalue weighted by Crippen LogP contribution is -2.40. The summed E-state index contributed by atoms with van der Waals surface area (Å²) in [6.07, 6.45) is 4.56. The number of carbonyl (C=O) groups excluding carboxylic acids is 1. The molecule has 1 amide bonds. The second kappa shape index (κ2) is 9.07. The number of rotatable bonds is 7. The molecule has 1 heterocycles. The van der Waals surface area contributed by atoms with Crippen LogP contribution in [-0.2, 0) is 21.4 Å². The van der Waals surface area contributed by atoms with Crippen LogP contribution in [0.1, 0.15) is 11.4 Å². The van der Waals surface area contributed by atoms with Gasteiger partial charge in [0.05, 0.1) is 17.6 Å². The normalized spacial score (nSPS) is 11.3. The molecule has 3 aromatic rings. The van der Waals surface area contributed by atoms with E-state index in [1.165, 1.54) is 18.2 Å². The summed E-state index contributed by atoms with van der Waals surface area (Å²) in [5, 5.41) is 3.33. The van der Waals surface area contributed by atoms with Crippen molar-refractivity contribution in [2.24, 2.45) is 0 Å². The van der Waals surface area contributed by atoms with Gasteiger partial charge < -0.3 is 9.88 Å². The van der Waals surface area contributed by atoms with E-state index in [-0.39, 0.29) is 22.3 Å². The number of amides is 1. The Bertz CT molecular complexity index is 1160. The zero-order chi connectivity index (χ0) is 21.9. The van der Waals surface area contributed by atoms with Gasteiger partial charge in [0.1, 0.15) is 12.4 Å². The molecule has 0 fully saturated rings. The van der Waals surface area contributed by atoms with Gasteiger partial charge in [-0.25, -0.2) is 13.4 Å². The molecule has 0 saturated heterocycles. The second-order valence-electron chi connectivity index (χ2n) is 6.65. The van der Waals surface area contributed by atoms with E-state index in [4.69, 9.17) is 23.2 Å². The molecule has 0 unspecified atom stereocenters. The minimum absolute atomic E-state index is 0.222. The van der Waals surface area contributed by atoms with Crippen molar-refractivity contribution < 1.29 is 13.2 Å². The van der Waals surface area contributed by atoms with Gasteiger partial charge in [-0.15, -0.1) is 0 Å². The van der Waals surface area contributed by atoms with Gasteiger partial charge in [0.2, 0.25) is 15.9 Å². The highest BCUT2D eigenvalue weighted by molar-refractivity contribution is 7.92. The Morgan fingerprint density at radius 2 is 1.83 bits per heavy atom. The fourth-order valence-corrected chi connectivity index (χ4v) is 4.35. The molecule has 1 N–H and O–H groups in total. The van der Waals surface area contributed by atoms with Gasteiger partial charge in [0.25, 0.3) is 0 Å². The third-order valence-corrected chi connectivity index (χ3v) is 5.95. The van der Waals surface area contributed by atoms with Gasteiger partial charge >= 0.3 is 0 Å². The van der Waals surface area contributed by atoms with Gasteiger partial charge in [-0.05, 0) is 36.8 Å². The van der Waals surface area contributed by atoms with Crippen LogP contribution in [0.5, 0.6) is 0 Å². The van der Waals surface area contributed by atoms with Crippen molar-refractivity contribution in [3.05, 3.63) is 76.3 Å². The van der Waals surface area contributed by atoms with Crippen LogP contribution in [0.3, 0.4) is 0 Å². The van der Waals surface area contributed by atoms with Crippen molar-refractivity contribution in [2.75, 3.05) is 17.1 Å². The van der Waals surface area contributed by atoms with Crippen molar-refractivity contribution >= 4 is 44.8 Å². The molecule has 0 atom stereocenters. The first-order chi connectivity index (χ1) is 14.1. The van der Waals surface area contributed by atoms with Crippen LogP contribution in [0.15, 0.2) is 54.9 Å². The zero-order valence-corrected chi connectivity index (χ0v) is 18.7. The van der Waals surface area contributed by atoms with Crippen LogP contribution < -0.4 is 9.62 Å². The topological polar surface area (TPSA) is 84.3 Å². The first-order valence-electron chi connectivity index (χ1n) is 8.94. The van der Waals surface area contributed by atoms with Gasteiger partial charge in [-0.1, -0.05) is 41.4 Å². The molecule has 158 valence electrons. The van der Waals surface area contributed by atoms with Gasteiger partial charge in [0, 0.05) is 29.0 Å². The van der Waals surface area contributed by atoms with Crippen LogP contribution in [0.25, 0.3) is 5.69 Å². The smallest absolute Gasteiger partial charge is 0.241 e. The number of nitrogens with zero attached hydrogens (tertiary/aromatic N) is 3. The number of sulfonamides is 1. The Morgan fingerprint density at radius 1 is 1.17 bits per heavy atom. The number of imidazole rings is 1. The number of nitrogens with one attached hydrogen (secondary N) is 1. The fraction of sp³-hybridized carbons (Fsp3) is 0.200. The maximum Gasteiger partial charge on any atom is 0.241 e. The number of hydrogen-bond acceptors (Lipinski definition) is 4. The summed E-state index contributed by atoms with van der Waals surface area (Å²) in [4.78, 5) is 16.8. The zero-order valence-electron chi connectivity index (χ0n) is 16.3. The molecule has 0 aliphatic rings. The molecule has 30 heavy (non-hydrogen) atoms.